The lowest BCUT2D eigenvalue weighted by molar-refractivity contribution is 0.0897. The second kappa shape index (κ2) is 8.65. The van der Waals surface area contributed by atoms with Gasteiger partial charge in [-0.2, -0.15) is 0 Å². The summed E-state index contributed by atoms with van der Waals surface area (Å²) in [6.07, 6.45) is 2.44. The Hall–Kier alpha value is -1.96. The largest absolute Gasteiger partial charge is 0.372 e. The van der Waals surface area contributed by atoms with Crippen LogP contribution in [-0.4, -0.2) is 42.3 Å². The van der Waals surface area contributed by atoms with Gasteiger partial charge in [-0.3, -0.25) is 4.57 Å². The van der Waals surface area contributed by atoms with E-state index in [1.807, 2.05) is 24.3 Å². The van der Waals surface area contributed by atoms with Gasteiger partial charge in [0.1, 0.15) is 17.9 Å². The van der Waals surface area contributed by atoms with Crippen LogP contribution in [0, 0.1) is 5.82 Å². The highest BCUT2D eigenvalue weighted by Gasteiger charge is 2.18. The van der Waals surface area contributed by atoms with E-state index in [1.165, 1.54) is 24.6 Å². The van der Waals surface area contributed by atoms with E-state index in [0.29, 0.717) is 23.5 Å². The third-order valence-corrected chi connectivity index (χ3v) is 7.45. The minimum atomic E-state index is -1.17. The van der Waals surface area contributed by atoms with Crippen molar-refractivity contribution in [2.45, 2.75) is 45.3 Å². The number of hydrogen-bond acceptors (Lipinski definition) is 4. The maximum absolute atomic E-state index is 14.8. The molecule has 0 radical (unpaired) electrons. The Labute approximate surface area is 182 Å². The van der Waals surface area contributed by atoms with Crippen molar-refractivity contribution in [3.05, 3.63) is 41.4 Å². The second-order valence-corrected chi connectivity index (χ2v) is 15.0. The summed E-state index contributed by atoms with van der Waals surface area (Å²) in [4.78, 5) is 11.2. The molecule has 4 rings (SSSR count). The van der Waals surface area contributed by atoms with Gasteiger partial charge in [0, 0.05) is 45.1 Å². The molecule has 0 aliphatic carbocycles. The number of pyridine rings is 1. The van der Waals surface area contributed by atoms with E-state index in [4.69, 9.17) is 16.3 Å². The van der Waals surface area contributed by atoms with Crippen LogP contribution in [-0.2, 0) is 11.5 Å². The Kier molecular flexibility index (Phi) is 6.13. The highest BCUT2D eigenvalue weighted by Crippen LogP contribution is 2.29. The number of fused-ring (bicyclic) bond motifs is 1. The van der Waals surface area contributed by atoms with E-state index in [2.05, 4.69) is 34.5 Å². The molecule has 8 heteroatoms. The van der Waals surface area contributed by atoms with Gasteiger partial charge in [-0.25, -0.2) is 14.4 Å². The molecule has 1 aliphatic rings. The molecule has 160 valence electrons. The summed E-state index contributed by atoms with van der Waals surface area (Å²) in [6, 6.07) is 10.4. The number of nitrogens with zero attached hydrogens (tertiary/aromatic N) is 4. The molecule has 1 fully saturated rings. The molecule has 3 heterocycles. The molecular weight excluding hydrogens is 419 g/mol. The van der Waals surface area contributed by atoms with Crippen molar-refractivity contribution in [3.63, 3.8) is 0 Å². The Bertz CT molecular complexity index is 1030. The molecule has 0 bridgehead atoms. The lowest BCUT2D eigenvalue weighted by atomic mass is 10.1. The molecule has 2 aromatic heterocycles. The minimum absolute atomic E-state index is 0.256. The first kappa shape index (κ1) is 21.3. The topological polar surface area (TPSA) is 43.2 Å². The highest BCUT2D eigenvalue weighted by molar-refractivity contribution is 6.76. The molecule has 1 aliphatic heterocycles. The molecule has 0 unspecified atom stereocenters. The van der Waals surface area contributed by atoms with Crippen LogP contribution >= 0.6 is 11.6 Å². The number of benzene rings is 1. The Morgan fingerprint density at radius 2 is 1.80 bits per heavy atom. The summed E-state index contributed by atoms with van der Waals surface area (Å²) >= 11 is 6.29. The summed E-state index contributed by atoms with van der Waals surface area (Å²) < 4.78 is 22.3. The molecule has 5 nitrogen and oxygen atoms in total. The smallest absolute Gasteiger partial charge is 0.206 e. The van der Waals surface area contributed by atoms with Gasteiger partial charge in [-0.05, 0) is 42.6 Å². The van der Waals surface area contributed by atoms with Gasteiger partial charge in [0.05, 0.1) is 0 Å². The molecule has 0 saturated carbocycles. The van der Waals surface area contributed by atoms with Gasteiger partial charge in [-0.1, -0.05) is 31.8 Å². The minimum Gasteiger partial charge on any atom is -0.372 e. The molecule has 0 atom stereocenters. The predicted octanol–water partition coefficient (Wildman–Crippen LogP) is 5.80. The van der Waals surface area contributed by atoms with E-state index in [1.54, 1.807) is 4.57 Å². The van der Waals surface area contributed by atoms with Crippen molar-refractivity contribution < 1.29 is 9.13 Å². The van der Waals surface area contributed by atoms with Crippen molar-refractivity contribution in [1.29, 1.82) is 0 Å². The SMILES string of the molecule is C[Si](C)(C)CCOCn1c(Cl)nc2cc(F)c(-c3ccc(N4CCCC4)cc3)nc21. The number of hydrogen-bond donors (Lipinski definition) is 0. The third kappa shape index (κ3) is 4.68. The number of anilines is 1. The number of rotatable bonds is 7. The van der Waals surface area contributed by atoms with Gasteiger partial charge < -0.3 is 9.64 Å². The van der Waals surface area contributed by atoms with E-state index < -0.39 is 13.9 Å². The van der Waals surface area contributed by atoms with E-state index >= 15 is 0 Å². The molecule has 1 saturated heterocycles. The van der Waals surface area contributed by atoms with Gasteiger partial charge in [0.25, 0.3) is 0 Å². The maximum atomic E-state index is 14.8. The van der Waals surface area contributed by atoms with Crippen molar-refractivity contribution >= 4 is 36.5 Å². The molecular formula is C22H28ClFN4OSi. The quantitative estimate of drug-likeness (QED) is 0.339. The second-order valence-electron chi connectivity index (χ2n) is 9.06. The predicted molar refractivity (Wildman–Crippen MR) is 123 cm³/mol. The Morgan fingerprint density at radius 3 is 2.47 bits per heavy atom. The molecule has 1 aromatic carbocycles. The summed E-state index contributed by atoms with van der Waals surface area (Å²) in [7, 11) is -1.17. The summed E-state index contributed by atoms with van der Waals surface area (Å²) in [5, 5.41) is 0.256. The van der Waals surface area contributed by atoms with Crippen LogP contribution in [0.5, 0.6) is 0 Å². The summed E-state index contributed by atoms with van der Waals surface area (Å²) in [5.41, 5.74) is 3.18. The average Bonchev–Trinajstić information content (AvgIpc) is 3.32. The molecule has 0 N–H and O–H groups in total. The third-order valence-electron chi connectivity index (χ3n) is 5.46. The van der Waals surface area contributed by atoms with E-state index in [0.717, 1.165) is 24.7 Å². The Balaban J connectivity index is 1.58. The van der Waals surface area contributed by atoms with Gasteiger partial charge >= 0.3 is 0 Å². The van der Waals surface area contributed by atoms with Crippen molar-refractivity contribution in [2.75, 3.05) is 24.6 Å². The number of aromatic nitrogens is 3. The van der Waals surface area contributed by atoms with E-state index in [9.17, 15) is 4.39 Å². The van der Waals surface area contributed by atoms with Gasteiger partial charge in [-0.15, -0.1) is 0 Å². The number of halogens is 2. The van der Waals surface area contributed by atoms with Crippen LogP contribution in [0.25, 0.3) is 22.4 Å². The van der Waals surface area contributed by atoms with E-state index in [-0.39, 0.29) is 12.0 Å². The normalized spacial score (nSPS) is 14.8. The number of ether oxygens (including phenoxy) is 1. The lowest BCUT2D eigenvalue weighted by Crippen LogP contribution is -2.22. The van der Waals surface area contributed by atoms with Gasteiger partial charge in [0.15, 0.2) is 11.5 Å². The van der Waals surface area contributed by atoms with Crippen LogP contribution in [0.4, 0.5) is 10.1 Å². The zero-order valence-corrected chi connectivity index (χ0v) is 19.5. The monoisotopic (exact) mass is 446 g/mol. The molecule has 3 aromatic rings. The Morgan fingerprint density at radius 1 is 1.10 bits per heavy atom. The van der Waals surface area contributed by atoms with Crippen LogP contribution in [0.15, 0.2) is 30.3 Å². The average molecular weight is 447 g/mol. The van der Waals surface area contributed by atoms with Crippen molar-refractivity contribution in [2.24, 2.45) is 0 Å². The van der Waals surface area contributed by atoms with Crippen molar-refractivity contribution in [3.8, 4) is 11.3 Å². The maximum Gasteiger partial charge on any atom is 0.206 e. The summed E-state index contributed by atoms with van der Waals surface area (Å²) in [5.74, 6) is -0.405. The fraction of sp³-hybridized carbons (Fsp3) is 0.455. The lowest BCUT2D eigenvalue weighted by Gasteiger charge is -2.17. The van der Waals surface area contributed by atoms with Gasteiger partial charge in [0.2, 0.25) is 5.28 Å². The zero-order chi connectivity index (χ0) is 21.3. The van der Waals surface area contributed by atoms with Crippen molar-refractivity contribution in [1.82, 2.24) is 14.5 Å². The first-order chi connectivity index (χ1) is 14.3. The molecule has 0 spiro atoms. The van der Waals surface area contributed by atoms with Crippen LogP contribution in [0.1, 0.15) is 12.8 Å². The molecule has 30 heavy (non-hydrogen) atoms. The number of imidazole rings is 1. The first-order valence-electron chi connectivity index (χ1n) is 10.5. The summed E-state index contributed by atoms with van der Waals surface area (Å²) in [6.45, 7) is 9.99. The fourth-order valence-corrected chi connectivity index (χ4v) is 4.63. The van der Waals surface area contributed by atoms with Crippen LogP contribution in [0.3, 0.4) is 0 Å². The first-order valence-corrected chi connectivity index (χ1v) is 14.6. The van der Waals surface area contributed by atoms with Crippen LogP contribution in [0.2, 0.25) is 31.0 Å². The highest BCUT2D eigenvalue weighted by atomic mass is 35.5. The zero-order valence-electron chi connectivity index (χ0n) is 17.8. The fourth-order valence-electron chi connectivity index (χ4n) is 3.65. The van der Waals surface area contributed by atoms with Crippen LogP contribution < -0.4 is 4.90 Å². The molecule has 0 amide bonds. The standard InChI is InChI=1S/C22H28ClFN4OSi/c1-30(2,3)13-12-29-15-28-21-19(25-22(28)23)14-18(24)20(26-21)16-6-8-17(9-7-16)27-10-4-5-11-27/h6-9,14H,4-5,10-13,15H2,1-3H3.